The number of benzene rings is 2. The standard InChI is InChI=1S/C27H26N4O3S/c1-16-10-12-18(13-11-16)14-23-17(2)28-27(35-23)29-24(32)19-6-5-7-20(15-19)31-26(34)22-9-4-3-8-21(22)25(33)30-31/h3-7,10-13,15,21-22H,8-9,14H2,1-2H3,(H,30,33)(H,28,29,32). The second-order valence-corrected chi connectivity index (χ2v) is 10.1. The van der Waals surface area contributed by atoms with Crippen molar-refractivity contribution in [1.82, 2.24) is 10.4 Å². The predicted octanol–water partition coefficient (Wildman–Crippen LogP) is 4.56. The van der Waals surface area contributed by atoms with Crippen molar-refractivity contribution in [1.29, 1.82) is 0 Å². The van der Waals surface area contributed by atoms with Crippen LogP contribution >= 0.6 is 11.3 Å². The third-order valence-corrected chi connectivity index (χ3v) is 7.57. The molecule has 1 aliphatic heterocycles. The quantitative estimate of drug-likeness (QED) is 0.517. The summed E-state index contributed by atoms with van der Waals surface area (Å²) >= 11 is 1.46. The zero-order valence-electron chi connectivity index (χ0n) is 19.6. The molecule has 8 heteroatoms. The molecule has 1 saturated heterocycles. The van der Waals surface area contributed by atoms with Crippen LogP contribution in [-0.2, 0) is 16.0 Å². The van der Waals surface area contributed by atoms with Gasteiger partial charge in [-0.15, -0.1) is 11.3 Å². The molecular weight excluding hydrogens is 460 g/mol. The van der Waals surface area contributed by atoms with E-state index in [4.69, 9.17) is 0 Å². The Hall–Kier alpha value is -3.78. The Morgan fingerprint density at radius 2 is 1.83 bits per heavy atom. The van der Waals surface area contributed by atoms with Gasteiger partial charge in [0.25, 0.3) is 5.91 Å². The highest BCUT2D eigenvalue weighted by Crippen LogP contribution is 2.33. The van der Waals surface area contributed by atoms with Crippen LogP contribution in [0.3, 0.4) is 0 Å². The Bertz CT molecular complexity index is 1330. The molecule has 1 aliphatic carbocycles. The summed E-state index contributed by atoms with van der Waals surface area (Å²) in [6.07, 6.45) is 5.76. The molecule has 2 aliphatic rings. The summed E-state index contributed by atoms with van der Waals surface area (Å²) in [7, 11) is 0. The van der Waals surface area contributed by atoms with E-state index in [0.29, 0.717) is 29.2 Å². The molecule has 0 saturated carbocycles. The Balaban J connectivity index is 1.31. The second kappa shape index (κ2) is 9.46. The summed E-state index contributed by atoms with van der Waals surface area (Å²) in [6.45, 7) is 4.00. The molecule has 2 heterocycles. The Morgan fingerprint density at radius 1 is 1.09 bits per heavy atom. The van der Waals surface area contributed by atoms with Crippen molar-refractivity contribution in [3.8, 4) is 0 Å². The fourth-order valence-electron chi connectivity index (χ4n) is 4.48. The summed E-state index contributed by atoms with van der Waals surface area (Å²) in [5.74, 6) is -1.37. The van der Waals surface area contributed by atoms with Gasteiger partial charge in [0.1, 0.15) is 0 Å². The van der Waals surface area contributed by atoms with E-state index in [1.807, 2.05) is 19.1 Å². The lowest BCUT2D eigenvalue weighted by Crippen LogP contribution is -2.59. The Morgan fingerprint density at radius 3 is 2.60 bits per heavy atom. The van der Waals surface area contributed by atoms with Gasteiger partial charge >= 0.3 is 0 Å². The third kappa shape index (κ3) is 4.74. The minimum Gasteiger partial charge on any atom is -0.298 e. The number of aromatic nitrogens is 1. The van der Waals surface area contributed by atoms with Crippen molar-refractivity contribution < 1.29 is 14.4 Å². The van der Waals surface area contributed by atoms with Gasteiger partial charge in [-0.2, -0.15) is 0 Å². The number of nitrogens with zero attached hydrogens (tertiary/aromatic N) is 2. The van der Waals surface area contributed by atoms with Crippen LogP contribution in [0.2, 0.25) is 0 Å². The maximum atomic E-state index is 13.1. The van der Waals surface area contributed by atoms with Crippen molar-refractivity contribution in [2.75, 3.05) is 10.3 Å². The molecule has 2 N–H and O–H groups in total. The van der Waals surface area contributed by atoms with Crippen molar-refractivity contribution in [2.45, 2.75) is 33.1 Å². The third-order valence-electron chi connectivity index (χ3n) is 6.49. The minimum atomic E-state index is -0.378. The number of allylic oxidation sites excluding steroid dienone is 2. The molecule has 1 fully saturated rings. The van der Waals surface area contributed by atoms with Crippen molar-refractivity contribution in [3.63, 3.8) is 0 Å². The van der Waals surface area contributed by atoms with Crippen LogP contribution in [0.4, 0.5) is 10.8 Å². The van der Waals surface area contributed by atoms with Gasteiger partial charge in [-0.05, 0) is 50.5 Å². The maximum Gasteiger partial charge on any atom is 0.257 e. The molecule has 0 bridgehead atoms. The number of hydrogen-bond donors (Lipinski definition) is 2. The van der Waals surface area contributed by atoms with Gasteiger partial charge in [-0.1, -0.05) is 48.0 Å². The van der Waals surface area contributed by atoms with Crippen LogP contribution < -0.4 is 15.8 Å². The lowest BCUT2D eigenvalue weighted by molar-refractivity contribution is -0.139. The maximum absolute atomic E-state index is 13.1. The molecule has 0 spiro atoms. The summed E-state index contributed by atoms with van der Waals surface area (Å²) < 4.78 is 0. The zero-order chi connectivity index (χ0) is 24.5. The van der Waals surface area contributed by atoms with Crippen molar-refractivity contribution in [2.24, 2.45) is 11.8 Å². The number of thiazole rings is 1. The molecule has 2 unspecified atom stereocenters. The van der Waals surface area contributed by atoms with Crippen LogP contribution in [0.25, 0.3) is 0 Å². The number of carbonyl (C=O) groups is 3. The monoisotopic (exact) mass is 486 g/mol. The van der Waals surface area contributed by atoms with Gasteiger partial charge in [0.05, 0.1) is 23.2 Å². The first-order chi connectivity index (χ1) is 16.9. The number of anilines is 2. The van der Waals surface area contributed by atoms with E-state index >= 15 is 0 Å². The number of hydrazine groups is 1. The molecule has 1 aromatic heterocycles. The van der Waals surface area contributed by atoms with Crippen molar-refractivity contribution >= 4 is 39.9 Å². The molecule has 178 valence electrons. The smallest absolute Gasteiger partial charge is 0.257 e. The summed E-state index contributed by atoms with van der Waals surface area (Å²) in [4.78, 5) is 44.2. The van der Waals surface area contributed by atoms with E-state index in [0.717, 1.165) is 17.0 Å². The number of rotatable bonds is 5. The number of amides is 3. The summed E-state index contributed by atoms with van der Waals surface area (Å²) in [6, 6.07) is 15.1. The largest absolute Gasteiger partial charge is 0.298 e. The first-order valence-electron chi connectivity index (χ1n) is 11.6. The van der Waals surface area contributed by atoms with Gasteiger partial charge in [0.2, 0.25) is 11.8 Å². The summed E-state index contributed by atoms with van der Waals surface area (Å²) in [5.41, 5.74) is 6.83. The van der Waals surface area contributed by atoms with Crippen LogP contribution in [0.15, 0.2) is 60.7 Å². The fourth-order valence-corrected chi connectivity index (χ4v) is 5.47. The molecule has 35 heavy (non-hydrogen) atoms. The van der Waals surface area contributed by atoms with Gasteiger partial charge in [0.15, 0.2) is 5.13 Å². The molecule has 2 aromatic carbocycles. The molecule has 7 nitrogen and oxygen atoms in total. The molecule has 3 amide bonds. The van der Waals surface area contributed by atoms with E-state index in [1.165, 1.54) is 27.5 Å². The SMILES string of the molecule is Cc1ccc(Cc2sc(NC(=O)c3cccc(N4NC(=O)C5CC=CCC5C4=O)c3)nc2C)cc1. The van der Waals surface area contributed by atoms with E-state index in [2.05, 4.69) is 46.9 Å². The normalized spacial score (nSPS) is 19.3. The first kappa shape index (κ1) is 23.0. The molecule has 3 aromatic rings. The number of carbonyl (C=O) groups excluding carboxylic acids is 3. The second-order valence-electron chi connectivity index (χ2n) is 9.00. The average Bonchev–Trinajstić information content (AvgIpc) is 3.21. The topological polar surface area (TPSA) is 91.4 Å². The van der Waals surface area contributed by atoms with Crippen LogP contribution in [-0.4, -0.2) is 22.7 Å². The number of aryl methyl sites for hydroxylation is 2. The highest BCUT2D eigenvalue weighted by molar-refractivity contribution is 7.15. The Kier molecular flexibility index (Phi) is 6.21. The van der Waals surface area contributed by atoms with E-state index in [9.17, 15) is 14.4 Å². The van der Waals surface area contributed by atoms with Gasteiger partial charge in [-0.25, -0.2) is 9.99 Å². The Labute approximate surface area is 207 Å². The van der Waals surface area contributed by atoms with E-state index < -0.39 is 0 Å². The van der Waals surface area contributed by atoms with Gasteiger partial charge in [0, 0.05) is 16.9 Å². The first-order valence-corrected chi connectivity index (χ1v) is 12.4. The number of hydrogen-bond acceptors (Lipinski definition) is 5. The van der Waals surface area contributed by atoms with Crippen molar-refractivity contribution in [3.05, 3.63) is 87.9 Å². The van der Waals surface area contributed by atoms with Crippen LogP contribution in [0.1, 0.15) is 44.9 Å². The summed E-state index contributed by atoms with van der Waals surface area (Å²) in [5, 5.41) is 4.68. The highest BCUT2D eigenvalue weighted by Gasteiger charge is 2.42. The minimum absolute atomic E-state index is 0.159. The number of fused-ring (bicyclic) bond motifs is 1. The van der Waals surface area contributed by atoms with Gasteiger partial charge in [-0.3, -0.25) is 25.1 Å². The predicted molar refractivity (Wildman–Crippen MR) is 136 cm³/mol. The molecular formula is C27H26N4O3S. The van der Waals surface area contributed by atoms with E-state index in [1.54, 1.807) is 24.3 Å². The molecule has 5 rings (SSSR count). The average molecular weight is 487 g/mol. The highest BCUT2D eigenvalue weighted by atomic mass is 32.1. The van der Waals surface area contributed by atoms with E-state index in [-0.39, 0.29) is 29.6 Å². The fraction of sp³-hybridized carbons (Fsp3) is 0.259. The lowest BCUT2D eigenvalue weighted by atomic mass is 9.80. The number of nitrogens with one attached hydrogen (secondary N) is 2. The molecule has 0 radical (unpaired) electrons. The van der Waals surface area contributed by atoms with Crippen LogP contribution in [0, 0.1) is 25.7 Å². The van der Waals surface area contributed by atoms with Gasteiger partial charge < -0.3 is 0 Å². The zero-order valence-corrected chi connectivity index (χ0v) is 20.4. The lowest BCUT2D eigenvalue weighted by Gasteiger charge is -2.38. The molecule has 2 atom stereocenters. The van der Waals surface area contributed by atoms with Crippen LogP contribution in [0.5, 0.6) is 0 Å².